The largest absolute Gasteiger partial charge is 0.318 e. The molecule has 20 heavy (non-hydrogen) atoms. The minimum absolute atomic E-state index is 0.210. The number of rotatable bonds is 6. The Labute approximate surface area is 122 Å². The van der Waals surface area contributed by atoms with Crippen LogP contribution in [-0.2, 0) is 6.54 Å². The average molecular weight is 291 g/mol. The summed E-state index contributed by atoms with van der Waals surface area (Å²) in [5, 5.41) is 6.53. The maximum Gasteiger partial charge on any atom is 0.190 e. The van der Waals surface area contributed by atoms with Crippen LogP contribution >= 0.6 is 11.3 Å². The molecule has 0 unspecified atom stereocenters. The monoisotopic (exact) mass is 291 g/mol. The predicted octanol–water partition coefficient (Wildman–Crippen LogP) is 3.69. The quantitative estimate of drug-likeness (QED) is 0.879. The number of benzene rings is 1. The zero-order valence-electron chi connectivity index (χ0n) is 11.5. The van der Waals surface area contributed by atoms with Gasteiger partial charge in [-0.2, -0.15) is 0 Å². The van der Waals surface area contributed by atoms with Crippen LogP contribution in [0.4, 0.5) is 15.2 Å². The lowest BCUT2D eigenvalue weighted by molar-refractivity contribution is 0.628. The number of halogens is 1. The van der Waals surface area contributed by atoms with Crippen LogP contribution in [0.15, 0.2) is 29.6 Å². The van der Waals surface area contributed by atoms with Crippen molar-refractivity contribution in [3.63, 3.8) is 0 Å². The number of aromatic nitrogens is 1. The highest BCUT2D eigenvalue weighted by atomic mass is 32.1. The molecule has 1 saturated carbocycles. The summed E-state index contributed by atoms with van der Waals surface area (Å²) < 4.78 is 13.0. The number of hydrogen-bond acceptors (Lipinski definition) is 4. The van der Waals surface area contributed by atoms with E-state index < -0.39 is 0 Å². The predicted molar refractivity (Wildman–Crippen MR) is 81.1 cm³/mol. The van der Waals surface area contributed by atoms with E-state index in [1.807, 2.05) is 0 Å². The highest BCUT2D eigenvalue weighted by Gasteiger charge is 2.20. The molecule has 3 rings (SSSR count). The Morgan fingerprint density at radius 3 is 2.75 bits per heavy atom. The number of nitrogens with zero attached hydrogens (tertiary/aromatic N) is 2. The maximum absolute atomic E-state index is 13.0. The van der Waals surface area contributed by atoms with Gasteiger partial charge in [0.05, 0.1) is 5.69 Å². The van der Waals surface area contributed by atoms with E-state index in [0.717, 1.165) is 29.6 Å². The van der Waals surface area contributed by atoms with Gasteiger partial charge in [0.2, 0.25) is 0 Å². The Kier molecular flexibility index (Phi) is 3.98. The molecular weight excluding hydrogens is 273 g/mol. The van der Waals surface area contributed by atoms with Crippen LogP contribution in [0.2, 0.25) is 0 Å². The van der Waals surface area contributed by atoms with Crippen LogP contribution < -0.4 is 10.2 Å². The van der Waals surface area contributed by atoms with Gasteiger partial charge in [-0.05, 0) is 44.0 Å². The van der Waals surface area contributed by atoms with Crippen molar-refractivity contribution in [1.29, 1.82) is 0 Å². The van der Waals surface area contributed by atoms with E-state index in [-0.39, 0.29) is 5.82 Å². The minimum atomic E-state index is -0.210. The summed E-state index contributed by atoms with van der Waals surface area (Å²) in [7, 11) is 0. The van der Waals surface area contributed by atoms with Gasteiger partial charge in [0, 0.05) is 30.2 Å². The summed E-state index contributed by atoms with van der Waals surface area (Å²) >= 11 is 1.63. The molecule has 0 atom stereocenters. The molecule has 1 aromatic heterocycles. The first-order valence-corrected chi connectivity index (χ1v) is 7.85. The highest BCUT2D eigenvalue weighted by molar-refractivity contribution is 7.13. The molecule has 0 saturated heterocycles. The molecule has 0 spiro atoms. The van der Waals surface area contributed by atoms with E-state index in [1.54, 1.807) is 23.5 Å². The van der Waals surface area contributed by atoms with Crippen molar-refractivity contribution in [2.45, 2.75) is 32.4 Å². The number of nitrogens with one attached hydrogen (secondary N) is 1. The molecule has 1 aliphatic carbocycles. The lowest BCUT2D eigenvalue weighted by atomic mass is 10.3. The second-order valence-electron chi connectivity index (χ2n) is 5.00. The van der Waals surface area contributed by atoms with Gasteiger partial charge in [-0.25, -0.2) is 9.37 Å². The fourth-order valence-electron chi connectivity index (χ4n) is 2.09. The van der Waals surface area contributed by atoms with Crippen molar-refractivity contribution in [2.75, 3.05) is 11.4 Å². The van der Waals surface area contributed by atoms with Crippen LogP contribution in [0.25, 0.3) is 0 Å². The molecule has 1 heterocycles. The lowest BCUT2D eigenvalue weighted by Crippen LogP contribution is -2.17. The summed E-state index contributed by atoms with van der Waals surface area (Å²) in [4.78, 5) is 6.77. The molecule has 3 nitrogen and oxygen atoms in total. The van der Waals surface area contributed by atoms with Crippen LogP contribution in [0, 0.1) is 5.82 Å². The molecule has 106 valence electrons. The van der Waals surface area contributed by atoms with Crippen molar-refractivity contribution in [2.24, 2.45) is 0 Å². The van der Waals surface area contributed by atoms with Crippen molar-refractivity contribution >= 4 is 22.2 Å². The molecule has 0 amide bonds. The van der Waals surface area contributed by atoms with Crippen molar-refractivity contribution < 1.29 is 4.39 Å². The number of thiazole rings is 1. The van der Waals surface area contributed by atoms with Gasteiger partial charge in [0.1, 0.15) is 5.82 Å². The van der Waals surface area contributed by atoms with Crippen molar-refractivity contribution in [3.05, 3.63) is 41.2 Å². The minimum Gasteiger partial charge on any atom is -0.318 e. The van der Waals surface area contributed by atoms with E-state index >= 15 is 0 Å². The van der Waals surface area contributed by atoms with Crippen molar-refractivity contribution in [3.8, 4) is 0 Å². The van der Waals surface area contributed by atoms with Gasteiger partial charge in [-0.1, -0.05) is 0 Å². The third-order valence-electron chi connectivity index (χ3n) is 3.37. The van der Waals surface area contributed by atoms with E-state index in [0.29, 0.717) is 6.04 Å². The zero-order chi connectivity index (χ0) is 13.9. The van der Waals surface area contributed by atoms with E-state index in [2.05, 4.69) is 27.5 Å². The molecule has 1 aromatic carbocycles. The van der Waals surface area contributed by atoms with Gasteiger partial charge in [-0.15, -0.1) is 11.3 Å². The Morgan fingerprint density at radius 2 is 2.10 bits per heavy atom. The standard InChI is InChI=1S/C15H18FN3S/c1-2-19(14-7-3-11(16)4-8-14)15-18-13(10-20-15)9-17-12-5-6-12/h3-4,7-8,10,12,17H,2,5-6,9H2,1H3. The van der Waals surface area contributed by atoms with Crippen LogP contribution in [-0.4, -0.2) is 17.6 Å². The third-order valence-corrected chi connectivity index (χ3v) is 4.29. The zero-order valence-corrected chi connectivity index (χ0v) is 12.3. The Hall–Kier alpha value is -1.46. The first-order valence-electron chi connectivity index (χ1n) is 6.97. The van der Waals surface area contributed by atoms with Crippen molar-refractivity contribution in [1.82, 2.24) is 10.3 Å². The van der Waals surface area contributed by atoms with Gasteiger partial charge in [-0.3, -0.25) is 0 Å². The molecule has 1 aliphatic rings. The van der Waals surface area contributed by atoms with Gasteiger partial charge < -0.3 is 10.2 Å². The summed E-state index contributed by atoms with van der Waals surface area (Å²) in [5.41, 5.74) is 2.06. The second kappa shape index (κ2) is 5.89. The van der Waals surface area contributed by atoms with Crippen LogP contribution in [0.3, 0.4) is 0 Å². The van der Waals surface area contributed by atoms with Gasteiger partial charge in [0.25, 0.3) is 0 Å². The number of anilines is 2. The summed E-state index contributed by atoms with van der Waals surface area (Å²) in [6.07, 6.45) is 2.57. The average Bonchev–Trinajstić information content (AvgIpc) is 3.18. The molecular formula is C15H18FN3S. The topological polar surface area (TPSA) is 28.2 Å². The summed E-state index contributed by atoms with van der Waals surface area (Å²) in [6.45, 7) is 3.73. The molecule has 0 radical (unpaired) electrons. The van der Waals surface area contributed by atoms with E-state index in [9.17, 15) is 4.39 Å². The Morgan fingerprint density at radius 1 is 1.35 bits per heavy atom. The molecule has 1 N–H and O–H groups in total. The third kappa shape index (κ3) is 3.16. The molecule has 0 aliphatic heterocycles. The van der Waals surface area contributed by atoms with Crippen LogP contribution in [0.1, 0.15) is 25.5 Å². The summed E-state index contributed by atoms with van der Waals surface area (Å²) in [6, 6.07) is 7.26. The fraction of sp³-hybridized carbons (Fsp3) is 0.400. The normalized spacial score (nSPS) is 14.5. The molecule has 1 fully saturated rings. The Balaban J connectivity index is 1.72. The fourth-order valence-corrected chi connectivity index (χ4v) is 3.00. The highest BCUT2D eigenvalue weighted by Crippen LogP contribution is 2.28. The molecule has 2 aromatic rings. The SMILES string of the molecule is CCN(c1ccc(F)cc1)c1nc(CNC2CC2)cs1. The first kappa shape index (κ1) is 13.5. The summed E-state index contributed by atoms with van der Waals surface area (Å²) in [5.74, 6) is -0.210. The smallest absolute Gasteiger partial charge is 0.190 e. The second-order valence-corrected chi connectivity index (χ2v) is 5.83. The van der Waals surface area contributed by atoms with E-state index in [1.165, 1.54) is 25.0 Å². The van der Waals surface area contributed by atoms with E-state index in [4.69, 9.17) is 0 Å². The van der Waals surface area contributed by atoms with Gasteiger partial charge in [0.15, 0.2) is 5.13 Å². The maximum atomic E-state index is 13.0. The lowest BCUT2D eigenvalue weighted by Gasteiger charge is -2.19. The Bertz CT molecular complexity index is 563. The molecule has 0 bridgehead atoms. The van der Waals surface area contributed by atoms with Crippen LogP contribution in [0.5, 0.6) is 0 Å². The van der Waals surface area contributed by atoms with Gasteiger partial charge >= 0.3 is 0 Å². The molecule has 5 heteroatoms. The number of hydrogen-bond donors (Lipinski definition) is 1. The first-order chi connectivity index (χ1) is 9.76.